The van der Waals surface area contributed by atoms with Crippen LogP contribution in [0.2, 0.25) is 0 Å². The van der Waals surface area contributed by atoms with Gasteiger partial charge in [-0.15, -0.1) is 24.0 Å². The summed E-state index contributed by atoms with van der Waals surface area (Å²) < 4.78 is 5.82. The van der Waals surface area contributed by atoms with Crippen molar-refractivity contribution >= 4 is 41.5 Å². The maximum atomic E-state index is 11.9. The van der Waals surface area contributed by atoms with Gasteiger partial charge in [0, 0.05) is 25.4 Å². The van der Waals surface area contributed by atoms with Crippen LogP contribution in [0.3, 0.4) is 0 Å². The second kappa shape index (κ2) is 12.2. The standard InChI is InChI=1S/C20H33N5O2.HI/c1-5-21-19(23-15-20(2)10-7-11-27-20)22-13-16-8-6-9-17(12-16)24-18(26)14-25(3)4;/h6,8-9,12H,5,7,10-11,13-15H2,1-4H3,(H,24,26)(H2,21,22,23);1H. The number of nitrogens with zero attached hydrogens (tertiary/aromatic N) is 2. The second-order valence-corrected chi connectivity index (χ2v) is 7.44. The monoisotopic (exact) mass is 503 g/mol. The molecule has 0 radical (unpaired) electrons. The number of benzene rings is 1. The minimum absolute atomic E-state index is 0. The average Bonchev–Trinajstić information content (AvgIpc) is 3.04. The number of rotatable bonds is 8. The first-order chi connectivity index (χ1) is 12.9. The van der Waals surface area contributed by atoms with E-state index in [2.05, 4.69) is 27.9 Å². The highest BCUT2D eigenvalue weighted by molar-refractivity contribution is 14.0. The summed E-state index contributed by atoms with van der Waals surface area (Å²) in [5, 5.41) is 9.57. The van der Waals surface area contributed by atoms with Crippen molar-refractivity contribution in [2.75, 3.05) is 45.7 Å². The molecule has 2 rings (SSSR count). The van der Waals surface area contributed by atoms with Gasteiger partial charge in [0.05, 0.1) is 18.7 Å². The van der Waals surface area contributed by atoms with E-state index in [1.807, 2.05) is 50.2 Å². The van der Waals surface area contributed by atoms with Crippen LogP contribution in [0, 0.1) is 0 Å². The molecule has 28 heavy (non-hydrogen) atoms. The van der Waals surface area contributed by atoms with Gasteiger partial charge >= 0.3 is 0 Å². The number of nitrogens with one attached hydrogen (secondary N) is 3. The molecule has 1 aliphatic heterocycles. The van der Waals surface area contributed by atoms with Crippen molar-refractivity contribution in [3.05, 3.63) is 29.8 Å². The van der Waals surface area contributed by atoms with Crippen LogP contribution in [0.4, 0.5) is 5.69 Å². The third kappa shape index (κ3) is 8.74. The summed E-state index contributed by atoms with van der Waals surface area (Å²) in [5.74, 6) is 0.747. The van der Waals surface area contributed by atoms with Gasteiger partial charge < -0.3 is 25.6 Å². The molecule has 1 heterocycles. The maximum Gasteiger partial charge on any atom is 0.238 e. The fourth-order valence-electron chi connectivity index (χ4n) is 2.99. The number of likely N-dealkylation sites (N-methyl/N-ethyl adjacent to an activating group) is 1. The Labute approximate surface area is 185 Å². The van der Waals surface area contributed by atoms with E-state index in [1.165, 1.54) is 0 Å². The number of anilines is 1. The molecule has 1 aromatic rings. The molecule has 1 saturated heterocycles. The van der Waals surface area contributed by atoms with Crippen molar-refractivity contribution in [3.63, 3.8) is 0 Å². The molecule has 1 fully saturated rings. The van der Waals surface area contributed by atoms with Crippen LogP contribution >= 0.6 is 24.0 Å². The third-order valence-electron chi connectivity index (χ3n) is 4.36. The van der Waals surface area contributed by atoms with Crippen LogP contribution in [0.25, 0.3) is 0 Å². The quantitative estimate of drug-likeness (QED) is 0.289. The van der Waals surface area contributed by atoms with E-state index in [0.717, 1.165) is 49.7 Å². The van der Waals surface area contributed by atoms with Crippen molar-refractivity contribution in [1.29, 1.82) is 0 Å². The third-order valence-corrected chi connectivity index (χ3v) is 4.36. The molecular formula is C20H34IN5O2. The molecule has 0 aromatic heterocycles. The number of guanidine groups is 1. The Hall–Kier alpha value is -1.39. The zero-order valence-corrected chi connectivity index (χ0v) is 19.7. The lowest BCUT2D eigenvalue weighted by Gasteiger charge is -2.24. The molecule has 0 bridgehead atoms. The van der Waals surface area contributed by atoms with Crippen LogP contribution in [-0.2, 0) is 16.1 Å². The average molecular weight is 503 g/mol. The first kappa shape index (κ1) is 24.6. The summed E-state index contributed by atoms with van der Waals surface area (Å²) in [6.07, 6.45) is 2.17. The lowest BCUT2D eigenvalue weighted by molar-refractivity contribution is -0.116. The van der Waals surface area contributed by atoms with E-state index in [9.17, 15) is 4.79 Å². The predicted octanol–water partition coefficient (Wildman–Crippen LogP) is 2.43. The lowest BCUT2D eigenvalue weighted by Crippen LogP contribution is -2.45. The first-order valence-electron chi connectivity index (χ1n) is 9.60. The van der Waals surface area contributed by atoms with Crippen LogP contribution in [0.15, 0.2) is 29.3 Å². The Morgan fingerprint density at radius 1 is 1.32 bits per heavy atom. The van der Waals surface area contributed by atoms with Crippen molar-refractivity contribution < 1.29 is 9.53 Å². The van der Waals surface area contributed by atoms with Crippen LogP contribution < -0.4 is 16.0 Å². The summed E-state index contributed by atoms with van der Waals surface area (Å²) in [4.78, 5) is 18.4. The van der Waals surface area contributed by atoms with E-state index < -0.39 is 0 Å². The molecule has 1 atom stereocenters. The minimum Gasteiger partial charge on any atom is -0.373 e. The smallest absolute Gasteiger partial charge is 0.238 e. The Bertz CT molecular complexity index is 645. The van der Waals surface area contributed by atoms with Crippen molar-refractivity contribution in [1.82, 2.24) is 15.5 Å². The summed E-state index contributed by atoms with van der Waals surface area (Å²) in [6, 6.07) is 7.80. The number of hydrogen-bond acceptors (Lipinski definition) is 4. The molecule has 1 aliphatic rings. The van der Waals surface area contributed by atoms with Gasteiger partial charge in [-0.2, -0.15) is 0 Å². The normalized spacial score (nSPS) is 19.2. The van der Waals surface area contributed by atoms with E-state index in [0.29, 0.717) is 13.1 Å². The second-order valence-electron chi connectivity index (χ2n) is 7.44. The Morgan fingerprint density at radius 3 is 2.75 bits per heavy atom. The molecule has 0 spiro atoms. The van der Waals surface area contributed by atoms with Gasteiger partial charge in [-0.1, -0.05) is 12.1 Å². The molecule has 7 nitrogen and oxygen atoms in total. The van der Waals surface area contributed by atoms with Crippen molar-refractivity contribution in [2.45, 2.75) is 38.8 Å². The first-order valence-corrected chi connectivity index (χ1v) is 9.60. The number of ether oxygens (including phenoxy) is 1. The van der Waals surface area contributed by atoms with Crippen LogP contribution in [0.5, 0.6) is 0 Å². The van der Waals surface area contributed by atoms with Crippen molar-refractivity contribution in [3.8, 4) is 0 Å². The highest BCUT2D eigenvalue weighted by atomic mass is 127. The lowest BCUT2D eigenvalue weighted by atomic mass is 10.0. The van der Waals surface area contributed by atoms with E-state index in [-0.39, 0.29) is 35.5 Å². The number of amides is 1. The number of aliphatic imine (C=N–C) groups is 1. The van der Waals surface area contributed by atoms with Crippen LogP contribution in [0.1, 0.15) is 32.3 Å². The van der Waals surface area contributed by atoms with Gasteiger partial charge in [-0.25, -0.2) is 4.99 Å². The van der Waals surface area contributed by atoms with Crippen molar-refractivity contribution in [2.24, 2.45) is 4.99 Å². The zero-order chi connectivity index (χ0) is 19.7. The maximum absolute atomic E-state index is 11.9. The summed E-state index contributed by atoms with van der Waals surface area (Å²) in [7, 11) is 3.74. The summed E-state index contributed by atoms with van der Waals surface area (Å²) in [5.41, 5.74) is 1.71. The minimum atomic E-state index is -0.118. The molecule has 3 N–H and O–H groups in total. The van der Waals surface area contributed by atoms with Gasteiger partial charge in [0.2, 0.25) is 5.91 Å². The molecule has 1 unspecified atom stereocenters. The predicted molar refractivity (Wildman–Crippen MR) is 125 cm³/mol. The molecular weight excluding hydrogens is 469 g/mol. The fraction of sp³-hybridized carbons (Fsp3) is 0.600. The summed E-state index contributed by atoms with van der Waals surface area (Å²) in [6.45, 7) is 7.44. The molecule has 1 amide bonds. The molecule has 0 saturated carbocycles. The number of carbonyl (C=O) groups is 1. The Balaban J connectivity index is 0.00000392. The number of hydrogen-bond donors (Lipinski definition) is 3. The highest BCUT2D eigenvalue weighted by Gasteiger charge is 2.29. The van der Waals surface area contributed by atoms with E-state index in [1.54, 1.807) is 0 Å². The number of carbonyl (C=O) groups excluding carboxylic acids is 1. The molecule has 8 heteroatoms. The molecule has 1 aromatic carbocycles. The van der Waals surface area contributed by atoms with Gasteiger partial charge in [-0.3, -0.25) is 4.79 Å². The van der Waals surface area contributed by atoms with E-state index in [4.69, 9.17) is 4.74 Å². The highest BCUT2D eigenvalue weighted by Crippen LogP contribution is 2.23. The fourth-order valence-corrected chi connectivity index (χ4v) is 2.99. The molecule has 0 aliphatic carbocycles. The van der Waals surface area contributed by atoms with Gasteiger partial charge in [0.25, 0.3) is 0 Å². The number of halogens is 1. The van der Waals surface area contributed by atoms with Gasteiger partial charge in [0.15, 0.2) is 5.96 Å². The van der Waals surface area contributed by atoms with Gasteiger partial charge in [0.1, 0.15) is 0 Å². The largest absolute Gasteiger partial charge is 0.373 e. The topological polar surface area (TPSA) is 78.0 Å². The molecule has 158 valence electrons. The van der Waals surface area contributed by atoms with Crippen LogP contribution in [-0.4, -0.2) is 62.7 Å². The SMILES string of the molecule is CCNC(=NCc1cccc(NC(=O)CN(C)C)c1)NCC1(C)CCCO1.I. The van der Waals surface area contributed by atoms with Gasteiger partial charge in [-0.05, 0) is 58.5 Å². The Morgan fingerprint density at radius 2 is 2.11 bits per heavy atom. The Kier molecular flexibility index (Phi) is 10.8. The summed E-state index contributed by atoms with van der Waals surface area (Å²) >= 11 is 0. The van der Waals surface area contributed by atoms with E-state index >= 15 is 0 Å². The zero-order valence-electron chi connectivity index (χ0n) is 17.4.